The van der Waals surface area contributed by atoms with Crippen LogP contribution in [-0.2, 0) is 20.8 Å². The Morgan fingerprint density at radius 1 is 1.28 bits per heavy atom. The molecule has 0 spiro atoms. The molecule has 2 heterocycles. The van der Waals surface area contributed by atoms with Gasteiger partial charge in [-0.1, -0.05) is 18.7 Å². The molecule has 1 atom stereocenters. The predicted octanol–water partition coefficient (Wildman–Crippen LogP) is 4.17. The minimum absolute atomic E-state index is 0.422. The van der Waals surface area contributed by atoms with E-state index < -0.39 is 12.1 Å². The number of benzene rings is 1. The molecular formula is C21H22IN3O4. The zero-order chi connectivity index (χ0) is 21.1. The molecule has 0 aliphatic heterocycles. The van der Waals surface area contributed by atoms with E-state index in [9.17, 15) is 4.79 Å². The van der Waals surface area contributed by atoms with Crippen molar-refractivity contribution < 1.29 is 19.0 Å². The second kappa shape index (κ2) is 8.81. The summed E-state index contributed by atoms with van der Waals surface area (Å²) >= 11 is 2.20. The Kier molecular flexibility index (Phi) is 6.41. The lowest BCUT2D eigenvalue weighted by molar-refractivity contribution is -0.152. The molecular weight excluding hydrogens is 485 g/mol. The molecule has 0 amide bonds. The van der Waals surface area contributed by atoms with Gasteiger partial charge in [-0.2, -0.15) is 5.10 Å². The SMILES string of the molecule is C=C(C)O[C@H](C(=O)OC)c1c(C)nc2c(cnn2Cc2ccc(OC)cc2)c1I. The van der Waals surface area contributed by atoms with Crippen LogP contribution in [-0.4, -0.2) is 35.0 Å². The molecule has 0 fully saturated rings. The average Bonchev–Trinajstić information content (AvgIpc) is 3.09. The molecule has 0 bridgehead atoms. The summed E-state index contributed by atoms with van der Waals surface area (Å²) in [6.07, 6.45) is 0.831. The van der Waals surface area contributed by atoms with E-state index in [4.69, 9.17) is 19.2 Å². The van der Waals surface area contributed by atoms with E-state index in [1.165, 1.54) is 7.11 Å². The highest BCUT2D eigenvalue weighted by Crippen LogP contribution is 2.33. The Hall–Kier alpha value is -2.62. The van der Waals surface area contributed by atoms with E-state index in [1.54, 1.807) is 20.2 Å². The van der Waals surface area contributed by atoms with Crippen LogP contribution in [0.3, 0.4) is 0 Å². The fourth-order valence-electron chi connectivity index (χ4n) is 3.03. The molecule has 0 radical (unpaired) electrons. The van der Waals surface area contributed by atoms with Crippen molar-refractivity contribution in [2.45, 2.75) is 26.5 Å². The number of esters is 1. The number of ether oxygens (including phenoxy) is 3. The molecule has 0 aliphatic carbocycles. The molecule has 1 aromatic carbocycles. The van der Waals surface area contributed by atoms with E-state index in [1.807, 2.05) is 35.9 Å². The Bertz CT molecular complexity index is 1060. The van der Waals surface area contributed by atoms with Crippen molar-refractivity contribution in [3.8, 4) is 5.75 Å². The van der Waals surface area contributed by atoms with Crippen molar-refractivity contribution in [2.75, 3.05) is 14.2 Å². The third kappa shape index (κ3) is 4.36. The number of hydrogen-bond donors (Lipinski definition) is 0. The number of carbonyl (C=O) groups is 1. The van der Waals surface area contributed by atoms with E-state index in [-0.39, 0.29) is 0 Å². The van der Waals surface area contributed by atoms with Crippen LogP contribution >= 0.6 is 22.6 Å². The number of nitrogens with zero attached hydrogens (tertiary/aromatic N) is 3. The lowest BCUT2D eigenvalue weighted by Gasteiger charge is -2.20. The number of pyridine rings is 1. The van der Waals surface area contributed by atoms with Gasteiger partial charge < -0.3 is 14.2 Å². The van der Waals surface area contributed by atoms with Crippen molar-refractivity contribution in [2.24, 2.45) is 0 Å². The Morgan fingerprint density at radius 3 is 2.55 bits per heavy atom. The van der Waals surface area contributed by atoms with Gasteiger partial charge in [0.05, 0.1) is 38.1 Å². The summed E-state index contributed by atoms with van der Waals surface area (Å²) in [6, 6.07) is 7.81. The number of halogens is 1. The Balaban J connectivity index is 2.03. The summed E-state index contributed by atoms with van der Waals surface area (Å²) in [5, 5.41) is 5.35. The van der Waals surface area contributed by atoms with Gasteiger partial charge in [-0.3, -0.25) is 0 Å². The van der Waals surface area contributed by atoms with Gasteiger partial charge in [0.1, 0.15) is 5.75 Å². The summed E-state index contributed by atoms with van der Waals surface area (Å²) < 4.78 is 18.5. The van der Waals surface area contributed by atoms with Gasteiger partial charge in [-0.15, -0.1) is 0 Å². The molecule has 3 aromatic rings. The van der Waals surface area contributed by atoms with Crippen molar-refractivity contribution >= 4 is 39.6 Å². The summed E-state index contributed by atoms with van der Waals surface area (Å²) in [5.74, 6) is 0.727. The van der Waals surface area contributed by atoms with Gasteiger partial charge in [-0.05, 0) is 54.1 Å². The third-order valence-corrected chi connectivity index (χ3v) is 5.60. The van der Waals surface area contributed by atoms with Gasteiger partial charge in [-0.25, -0.2) is 14.5 Å². The molecule has 152 valence electrons. The van der Waals surface area contributed by atoms with Crippen LogP contribution in [0.4, 0.5) is 0 Å². The van der Waals surface area contributed by atoms with Crippen LogP contribution in [0.2, 0.25) is 0 Å². The molecule has 7 nitrogen and oxygen atoms in total. The zero-order valence-electron chi connectivity index (χ0n) is 16.7. The summed E-state index contributed by atoms with van der Waals surface area (Å²) in [5.41, 5.74) is 3.16. The fraction of sp³-hybridized carbons (Fsp3) is 0.286. The summed E-state index contributed by atoms with van der Waals surface area (Å²) in [4.78, 5) is 17.1. The fourth-order valence-corrected chi connectivity index (χ4v) is 4.09. The van der Waals surface area contributed by atoms with Crippen LogP contribution in [0.15, 0.2) is 42.8 Å². The predicted molar refractivity (Wildman–Crippen MR) is 118 cm³/mol. The van der Waals surface area contributed by atoms with E-state index in [0.29, 0.717) is 23.6 Å². The first-order chi connectivity index (χ1) is 13.8. The first-order valence-corrected chi connectivity index (χ1v) is 9.98. The third-order valence-electron chi connectivity index (χ3n) is 4.44. The van der Waals surface area contributed by atoms with E-state index >= 15 is 0 Å². The Morgan fingerprint density at radius 2 is 1.97 bits per heavy atom. The number of methoxy groups -OCH3 is 2. The van der Waals surface area contributed by atoms with Gasteiger partial charge in [0.2, 0.25) is 6.10 Å². The van der Waals surface area contributed by atoms with Gasteiger partial charge >= 0.3 is 5.97 Å². The number of aryl methyl sites for hydroxylation is 1. The lowest BCUT2D eigenvalue weighted by Crippen LogP contribution is -2.20. The highest BCUT2D eigenvalue weighted by Gasteiger charge is 2.30. The highest BCUT2D eigenvalue weighted by molar-refractivity contribution is 14.1. The monoisotopic (exact) mass is 507 g/mol. The van der Waals surface area contributed by atoms with Crippen LogP contribution in [0.25, 0.3) is 11.0 Å². The normalized spacial score (nSPS) is 11.9. The van der Waals surface area contributed by atoms with Gasteiger partial charge in [0.25, 0.3) is 0 Å². The van der Waals surface area contributed by atoms with Gasteiger partial charge in [0.15, 0.2) is 5.65 Å². The number of hydrogen-bond acceptors (Lipinski definition) is 6. The smallest absolute Gasteiger partial charge is 0.351 e. The molecule has 0 saturated heterocycles. The molecule has 8 heteroatoms. The molecule has 0 N–H and O–H groups in total. The molecule has 0 unspecified atom stereocenters. The maximum Gasteiger partial charge on any atom is 0.351 e. The van der Waals surface area contributed by atoms with Crippen LogP contribution in [0.1, 0.15) is 29.8 Å². The molecule has 3 rings (SSSR count). The maximum atomic E-state index is 12.3. The van der Waals surface area contributed by atoms with Crippen molar-refractivity contribution in [1.29, 1.82) is 0 Å². The maximum absolute atomic E-state index is 12.3. The van der Waals surface area contributed by atoms with Crippen LogP contribution in [0, 0.1) is 10.5 Å². The minimum atomic E-state index is -0.925. The second-order valence-electron chi connectivity index (χ2n) is 6.54. The molecule has 0 saturated carbocycles. The molecule has 0 aliphatic rings. The second-order valence-corrected chi connectivity index (χ2v) is 7.61. The van der Waals surface area contributed by atoms with Crippen molar-refractivity contribution in [3.05, 3.63) is 63.2 Å². The minimum Gasteiger partial charge on any atom is -0.497 e. The van der Waals surface area contributed by atoms with Gasteiger partial charge in [0, 0.05) is 14.8 Å². The summed E-state index contributed by atoms with van der Waals surface area (Å²) in [7, 11) is 2.97. The zero-order valence-corrected chi connectivity index (χ0v) is 18.9. The number of aromatic nitrogens is 3. The molecule has 2 aromatic heterocycles. The van der Waals surface area contributed by atoms with Crippen molar-refractivity contribution in [1.82, 2.24) is 14.8 Å². The number of carbonyl (C=O) groups excluding carboxylic acids is 1. The lowest BCUT2D eigenvalue weighted by atomic mass is 10.1. The summed E-state index contributed by atoms with van der Waals surface area (Å²) in [6.45, 7) is 7.85. The Labute approximate surface area is 182 Å². The number of fused-ring (bicyclic) bond motifs is 1. The first-order valence-electron chi connectivity index (χ1n) is 8.90. The van der Waals surface area contributed by atoms with Crippen LogP contribution < -0.4 is 4.74 Å². The van der Waals surface area contributed by atoms with Crippen LogP contribution in [0.5, 0.6) is 5.75 Å². The number of allylic oxidation sites excluding steroid dienone is 1. The topological polar surface area (TPSA) is 75.5 Å². The highest BCUT2D eigenvalue weighted by atomic mass is 127. The number of rotatable bonds is 7. The van der Waals surface area contributed by atoms with E-state index in [2.05, 4.69) is 34.3 Å². The quantitative estimate of drug-likeness (QED) is 0.272. The standard InChI is InChI=1S/C21H22IN3O4/c1-12(2)29-19(21(26)28-5)17-13(3)24-20-16(18(17)22)10-23-25(20)11-14-6-8-15(27-4)9-7-14/h6-10,19H,1,11H2,2-5H3/t19-/m0/s1. The van der Waals surface area contributed by atoms with Crippen molar-refractivity contribution in [3.63, 3.8) is 0 Å². The van der Waals surface area contributed by atoms with E-state index in [0.717, 1.165) is 25.9 Å². The first kappa shape index (κ1) is 21.1. The average molecular weight is 507 g/mol. The molecule has 29 heavy (non-hydrogen) atoms. The largest absolute Gasteiger partial charge is 0.497 e.